The standard InChI is InChI=1S/C29H50FNO17/c1-2-31-17(35)8-4-3-6-13(34)7-5-9-43-27-18(30)26(48-29-25(42)23(40)20(37)15(11-33)46-29)21(38)16(47-27)12-44-28-24(41)22(39)19(36)14(10-32)45-28/h14-16,18-29,32-33,36-42H,2-12H2,1H3,(H,31,35)/t14-,15-,16-,18+,19-,20-,21-,22+,23+,24+,25+,26-,27+,28+,29-/m1/s1. The Kier molecular flexibility index (Phi) is 16.8. The molecule has 10 N–H and O–H groups in total. The molecule has 18 nitrogen and oxygen atoms in total. The van der Waals surface area contributed by atoms with Crippen LogP contribution in [-0.4, -0.2) is 183 Å². The Bertz CT molecular complexity index is 980. The Balaban J connectivity index is 1.63. The number of ketones is 1. The lowest BCUT2D eigenvalue weighted by molar-refractivity contribution is -0.359. The van der Waals surface area contributed by atoms with Gasteiger partial charge in [-0.25, -0.2) is 4.39 Å². The van der Waals surface area contributed by atoms with Crippen molar-refractivity contribution < 1.29 is 88.4 Å². The summed E-state index contributed by atoms with van der Waals surface area (Å²) in [6.07, 6.45) is -24.4. The second-order valence-electron chi connectivity index (χ2n) is 12.0. The smallest absolute Gasteiger partial charge is 0.219 e. The summed E-state index contributed by atoms with van der Waals surface area (Å²) in [5.41, 5.74) is 0. The highest BCUT2D eigenvalue weighted by atomic mass is 19.1. The quantitative estimate of drug-likeness (QED) is 0.0602. The fraction of sp³-hybridized carbons (Fsp3) is 0.931. The van der Waals surface area contributed by atoms with Gasteiger partial charge in [-0.05, 0) is 26.2 Å². The van der Waals surface area contributed by atoms with E-state index in [4.69, 9.17) is 28.4 Å². The fourth-order valence-electron chi connectivity index (χ4n) is 5.52. The van der Waals surface area contributed by atoms with Crippen molar-refractivity contribution in [2.45, 2.75) is 138 Å². The lowest BCUT2D eigenvalue weighted by Gasteiger charge is -2.46. The van der Waals surface area contributed by atoms with Crippen molar-refractivity contribution in [2.24, 2.45) is 0 Å². The second-order valence-corrected chi connectivity index (χ2v) is 12.0. The van der Waals surface area contributed by atoms with Crippen molar-refractivity contribution >= 4 is 11.7 Å². The number of unbranched alkanes of at least 4 members (excludes halogenated alkanes) is 1. The Morgan fingerprint density at radius 2 is 1.21 bits per heavy atom. The molecule has 3 aliphatic heterocycles. The molecule has 0 aromatic carbocycles. The molecule has 3 fully saturated rings. The maximum absolute atomic E-state index is 15.8. The van der Waals surface area contributed by atoms with Gasteiger partial charge in [0, 0.05) is 25.8 Å². The van der Waals surface area contributed by atoms with Gasteiger partial charge in [0.2, 0.25) is 5.91 Å². The molecule has 1 amide bonds. The van der Waals surface area contributed by atoms with E-state index in [0.717, 1.165) is 0 Å². The van der Waals surface area contributed by atoms with E-state index in [-0.39, 0.29) is 37.6 Å². The van der Waals surface area contributed by atoms with Gasteiger partial charge >= 0.3 is 0 Å². The summed E-state index contributed by atoms with van der Waals surface area (Å²) in [7, 11) is 0. The number of rotatable bonds is 18. The van der Waals surface area contributed by atoms with E-state index in [1.165, 1.54) is 0 Å². The first-order chi connectivity index (χ1) is 22.8. The van der Waals surface area contributed by atoms with Gasteiger partial charge in [0.05, 0.1) is 26.4 Å². The van der Waals surface area contributed by atoms with E-state index in [0.29, 0.717) is 25.8 Å². The number of hydrogen-bond donors (Lipinski definition) is 10. The minimum atomic E-state index is -2.26. The van der Waals surface area contributed by atoms with Crippen molar-refractivity contribution in [3.8, 4) is 0 Å². The highest BCUT2D eigenvalue weighted by molar-refractivity contribution is 5.78. The molecular weight excluding hydrogens is 653 g/mol. The molecule has 0 bridgehead atoms. The minimum Gasteiger partial charge on any atom is -0.394 e. The van der Waals surface area contributed by atoms with Gasteiger partial charge in [0.15, 0.2) is 25.0 Å². The normalized spacial score (nSPS) is 40.4. The van der Waals surface area contributed by atoms with Gasteiger partial charge in [0.25, 0.3) is 0 Å². The zero-order valence-electron chi connectivity index (χ0n) is 26.6. The van der Waals surface area contributed by atoms with Crippen LogP contribution < -0.4 is 5.32 Å². The van der Waals surface area contributed by atoms with Crippen LogP contribution in [0, 0.1) is 0 Å². The summed E-state index contributed by atoms with van der Waals surface area (Å²) in [5.74, 6) is -0.191. The van der Waals surface area contributed by atoms with E-state index < -0.39 is 112 Å². The van der Waals surface area contributed by atoms with Crippen molar-refractivity contribution in [2.75, 3.05) is 33.0 Å². The number of carbonyl (C=O) groups excluding carboxylic acids is 2. The van der Waals surface area contributed by atoms with Crippen molar-refractivity contribution in [1.82, 2.24) is 5.32 Å². The predicted octanol–water partition coefficient (Wildman–Crippen LogP) is -4.53. The first-order valence-electron chi connectivity index (χ1n) is 16.1. The van der Waals surface area contributed by atoms with Gasteiger partial charge < -0.3 is 79.7 Å². The van der Waals surface area contributed by atoms with Crippen molar-refractivity contribution in [1.29, 1.82) is 0 Å². The zero-order chi connectivity index (χ0) is 35.5. The number of alkyl halides is 1. The Morgan fingerprint density at radius 1 is 0.667 bits per heavy atom. The zero-order valence-corrected chi connectivity index (χ0v) is 26.6. The van der Waals surface area contributed by atoms with Gasteiger partial charge in [0.1, 0.15) is 72.9 Å². The molecule has 19 heteroatoms. The van der Waals surface area contributed by atoms with E-state index in [1.807, 2.05) is 0 Å². The van der Waals surface area contributed by atoms with Crippen molar-refractivity contribution in [3.05, 3.63) is 0 Å². The molecule has 0 unspecified atom stereocenters. The molecule has 0 aliphatic carbocycles. The maximum atomic E-state index is 15.8. The molecular formula is C29H50FNO17. The third-order valence-corrected chi connectivity index (χ3v) is 8.38. The largest absolute Gasteiger partial charge is 0.394 e. The Hall–Kier alpha value is -1.53. The lowest BCUT2D eigenvalue weighted by atomic mass is 9.97. The topological polar surface area (TPSA) is 284 Å². The molecule has 3 heterocycles. The Morgan fingerprint density at radius 3 is 1.81 bits per heavy atom. The molecule has 0 spiro atoms. The summed E-state index contributed by atoms with van der Waals surface area (Å²) < 4.78 is 48.5. The highest BCUT2D eigenvalue weighted by Crippen LogP contribution is 2.32. The van der Waals surface area contributed by atoms with Crippen LogP contribution >= 0.6 is 0 Å². The first kappa shape index (κ1) is 40.9. The van der Waals surface area contributed by atoms with Crippen LogP contribution in [0.25, 0.3) is 0 Å². The molecule has 0 saturated carbocycles. The second kappa shape index (κ2) is 19.8. The minimum absolute atomic E-state index is 0.0852. The fourth-order valence-corrected chi connectivity index (χ4v) is 5.52. The number of aliphatic hydroxyl groups excluding tert-OH is 9. The number of aliphatic hydroxyl groups is 9. The van der Waals surface area contributed by atoms with E-state index in [9.17, 15) is 55.5 Å². The number of Topliss-reactive ketones (excluding diaryl/α,β-unsaturated/α-hetero) is 1. The number of halogens is 1. The van der Waals surface area contributed by atoms with Gasteiger partial charge in [-0.3, -0.25) is 9.59 Å². The third kappa shape index (κ3) is 10.7. The van der Waals surface area contributed by atoms with Crippen LogP contribution in [0.3, 0.4) is 0 Å². The number of hydrogen-bond acceptors (Lipinski definition) is 17. The molecule has 48 heavy (non-hydrogen) atoms. The van der Waals surface area contributed by atoms with Crippen molar-refractivity contribution in [3.63, 3.8) is 0 Å². The summed E-state index contributed by atoms with van der Waals surface area (Å²) in [4.78, 5) is 23.8. The van der Waals surface area contributed by atoms with E-state index in [1.54, 1.807) is 6.92 Å². The van der Waals surface area contributed by atoms with Gasteiger partial charge in [-0.1, -0.05) is 0 Å². The van der Waals surface area contributed by atoms with Crippen LogP contribution in [0.1, 0.15) is 45.4 Å². The number of carbonyl (C=O) groups is 2. The Labute approximate surface area is 276 Å². The molecule has 280 valence electrons. The molecule has 0 aromatic heterocycles. The number of nitrogens with one attached hydrogen (secondary N) is 1. The molecule has 15 atom stereocenters. The SMILES string of the molecule is CCNC(=O)CCCCC(=O)CCCO[C@H]1O[C@H](CO[C@H]2O[C@H](CO)[C@@H](O)[C@H](O)[C@@H]2O)[C@@H](O)[C@H](O[C@H]2O[C@H](CO)[C@@H](O)[C@H](O)[C@@H]2O)[C@@H]1F. The summed E-state index contributed by atoms with van der Waals surface area (Å²) >= 11 is 0. The average molecular weight is 704 g/mol. The molecule has 3 saturated heterocycles. The van der Waals surface area contributed by atoms with Crippen LogP contribution in [0.15, 0.2) is 0 Å². The molecule has 3 aliphatic rings. The summed E-state index contributed by atoms with van der Waals surface area (Å²) in [6.45, 7) is -0.0397. The summed E-state index contributed by atoms with van der Waals surface area (Å²) in [6, 6.07) is 0. The van der Waals surface area contributed by atoms with Gasteiger partial charge in [-0.15, -0.1) is 0 Å². The highest BCUT2D eigenvalue weighted by Gasteiger charge is 2.52. The van der Waals surface area contributed by atoms with Crippen LogP contribution in [0.5, 0.6) is 0 Å². The van der Waals surface area contributed by atoms with E-state index in [2.05, 4.69) is 5.32 Å². The number of amides is 1. The predicted molar refractivity (Wildman–Crippen MR) is 155 cm³/mol. The number of ether oxygens (including phenoxy) is 6. The van der Waals surface area contributed by atoms with Crippen LogP contribution in [0.4, 0.5) is 4.39 Å². The van der Waals surface area contributed by atoms with E-state index >= 15 is 4.39 Å². The average Bonchev–Trinajstić information content (AvgIpc) is 3.07. The van der Waals surface area contributed by atoms with Crippen LogP contribution in [0.2, 0.25) is 0 Å². The lowest BCUT2D eigenvalue weighted by Crippen LogP contribution is -2.64. The van der Waals surface area contributed by atoms with Gasteiger partial charge in [-0.2, -0.15) is 0 Å². The maximum Gasteiger partial charge on any atom is 0.219 e. The third-order valence-electron chi connectivity index (χ3n) is 8.38. The molecule has 0 aromatic rings. The molecule has 0 radical (unpaired) electrons. The molecule has 3 rings (SSSR count). The first-order valence-corrected chi connectivity index (χ1v) is 16.1. The monoisotopic (exact) mass is 703 g/mol. The summed E-state index contributed by atoms with van der Waals surface area (Å²) in [5, 5.41) is 93.6. The van der Waals surface area contributed by atoms with Crippen LogP contribution in [-0.2, 0) is 38.0 Å².